The topological polar surface area (TPSA) is 176 Å². The number of nitrogens with two attached hydrogens (primary N) is 3. The molecule has 0 aliphatic carbocycles. The molecule has 31 heavy (non-hydrogen) atoms. The Balaban J connectivity index is 2.43. The number of anilines is 1. The summed E-state index contributed by atoms with van der Waals surface area (Å²) in [5.41, 5.74) is 21.1. The van der Waals surface area contributed by atoms with Gasteiger partial charge in [-0.1, -0.05) is 13.8 Å². The molecule has 9 heteroatoms. The van der Waals surface area contributed by atoms with Crippen LogP contribution in [-0.4, -0.2) is 28.9 Å². The minimum Gasteiger partial charge on any atom is -0.404 e. The van der Waals surface area contributed by atoms with Gasteiger partial charge in [-0.05, 0) is 42.0 Å². The summed E-state index contributed by atoms with van der Waals surface area (Å²) in [5, 5.41) is 21.8. The van der Waals surface area contributed by atoms with E-state index < -0.39 is 0 Å². The van der Waals surface area contributed by atoms with Crippen molar-refractivity contribution in [2.45, 2.75) is 13.8 Å². The van der Waals surface area contributed by atoms with E-state index in [9.17, 15) is 0 Å². The van der Waals surface area contributed by atoms with Crippen LogP contribution >= 0.6 is 0 Å². The maximum atomic E-state index is 8.40. The largest absolute Gasteiger partial charge is 0.404 e. The van der Waals surface area contributed by atoms with Crippen LogP contribution in [0.2, 0.25) is 0 Å². The quantitative estimate of drug-likeness (QED) is 0.241. The van der Waals surface area contributed by atoms with Crippen molar-refractivity contribution in [2.75, 3.05) is 12.4 Å². The summed E-state index contributed by atoms with van der Waals surface area (Å²) in [6.45, 7) is 4.06. The number of allylic oxidation sites excluding steroid dienone is 4. The molecule has 0 spiro atoms. The molecule has 0 aliphatic heterocycles. The zero-order valence-corrected chi connectivity index (χ0v) is 17.9. The van der Waals surface area contributed by atoms with E-state index in [2.05, 4.69) is 20.6 Å². The van der Waals surface area contributed by atoms with Crippen LogP contribution in [0.4, 0.5) is 5.82 Å². The third-order valence-electron chi connectivity index (χ3n) is 4.48. The van der Waals surface area contributed by atoms with Gasteiger partial charge in [-0.2, -0.15) is 0 Å². The molecule has 0 amide bonds. The lowest BCUT2D eigenvalue weighted by molar-refractivity contribution is 0.786. The van der Waals surface area contributed by atoms with Crippen molar-refractivity contribution >= 4 is 34.4 Å². The Morgan fingerprint density at radius 3 is 2.48 bits per heavy atom. The highest BCUT2D eigenvalue weighted by Gasteiger charge is 2.13. The summed E-state index contributed by atoms with van der Waals surface area (Å²) < 4.78 is 0. The SMILES string of the molecule is CN/C=C(\C(=N)/C(C=N)=C/N)c1cnc2ccc(N/C(N)=C/C(=C\N)C(C)C)nc2c1. The molecule has 0 saturated heterocycles. The summed E-state index contributed by atoms with van der Waals surface area (Å²) >= 11 is 0. The number of nitrogens with one attached hydrogen (secondary N) is 4. The third kappa shape index (κ3) is 5.69. The van der Waals surface area contributed by atoms with Crippen LogP contribution < -0.4 is 27.8 Å². The number of fused-ring (bicyclic) bond motifs is 1. The van der Waals surface area contributed by atoms with Crippen molar-refractivity contribution in [2.24, 2.45) is 23.1 Å². The number of pyridine rings is 2. The Kier molecular flexibility index (Phi) is 7.90. The first-order valence-electron chi connectivity index (χ1n) is 9.66. The van der Waals surface area contributed by atoms with E-state index in [4.69, 9.17) is 28.0 Å². The van der Waals surface area contributed by atoms with Gasteiger partial charge in [0.15, 0.2) is 0 Å². The molecule has 0 unspecified atom stereocenters. The molecule has 0 radical (unpaired) electrons. The van der Waals surface area contributed by atoms with Gasteiger partial charge in [-0.25, -0.2) is 4.98 Å². The number of rotatable bonds is 9. The minimum absolute atomic E-state index is 0.101. The van der Waals surface area contributed by atoms with E-state index in [1.54, 1.807) is 31.6 Å². The summed E-state index contributed by atoms with van der Waals surface area (Å²) in [4.78, 5) is 9.04. The molecular formula is C22H29N9. The normalized spacial score (nSPS) is 13.4. The molecule has 10 N–H and O–H groups in total. The lowest BCUT2D eigenvalue weighted by Crippen LogP contribution is -2.12. The molecule has 2 rings (SSSR count). The van der Waals surface area contributed by atoms with Crippen LogP contribution in [0.1, 0.15) is 19.4 Å². The Bertz CT molecular complexity index is 1090. The van der Waals surface area contributed by atoms with Crippen molar-refractivity contribution in [3.63, 3.8) is 0 Å². The van der Waals surface area contributed by atoms with E-state index in [1.165, 1.54) is 12.4 Å². The monoisotopic (exact) mass is 419 g/mol. The average Bonchev–Trinajstić information content (AvgIpc) is 2.75. The summed E-state index contributed by atoms with van der Waals surface area (Å²) in [7, 11) is 1.73. The zero-order valence-electron chi connectivity index (χ0n) is 17.9. The third-order valence-corrected chi connectivity index (χ3v) is 4.48. The van der Waals surface area contributed by atoms with Gasteiger partial charge < -0.3 is 33.2 Å². The highest BCUT2D eigenvalue weighted by Crippen LogP contribution is 2.22. The van der Waals surface area contributed by atoms with Crippen LogP contribution in [-0.2, 0) is 0 Å². The second-order valence-corrected chi connectivity index (χ2v) is 6.99. The van der Waals surface area contributed by atoms with E-state index in [-0.39, 0.29) is 17.2 Å². The number of aromatic nitrogens is 2. The van der Waals surface area contributed by atoms with Gasteiger partial charge in [0.05, 0.1) is 16.7 Å². The molecule has 2 aromatic heterocycles. The molecule has 0 bridgehead atoms. The fourth-order valence-electron chi connectivity index (χ4n) is 2.80. The predicted octanol–water partition coefficient (Wildman–Crippen LogP) is 2.41. The molecule has 0 saturated carbocycles. The van der Waals surface area contributed by atoms with Crippen molar-refractivity contribution in [1.29, 1.82) is 10.8 Å². The zero-order chi connectivity index (χ0) is 23.0. The highest BCUT2D eigenvalue weighted by atomic mass is 15.1. The Morgan fingerprint density at radius 2 is 1.90 bits per heavy atom. The van der Waals surface area contributed by atoms with Gasteiger partial charge in [0.2, 0.25) is 0 Å². The van der Waals surface area contributed by atoms with Crippen LogP contribution in [0.15, 0.2) is 66.0 Å². The van der Waals surface area contributed by atoms with Gasteiger partial charge in [0, 0.05) is 48.6 Å². The van der Waals surface area contributed by atoms with Gasteiger partial charge in [-0.15, -0.1) is 0 Å². The molecule has 9 nitrogen and oxygen atoms in total. The summed E-state index contributed by atoms with van der Waals surface area (Å²) in [6, 6.07) is 5.44. The second-order valence-electron chi connectivity index (χ2n) is 6.99. The fourth-order valence-corrected chi connectivity index (χ4v) is 2.80. The van der Waals surface area contributed by atoms with Crippen molar-refractivity contribution in [3.05, 3.63) is 71.6 Å². The molecule has 0 aliphatic rings. The molecule has 0 aromatic carbocycles. The minimum atomic E-state index is 0.101. The molecule has 0 fully saturated rings. The first kappa shape index (κ1) is 23.1. The molecule has 162 valence electrons. The maximum absolute atomic E-state index is 8.40. The number of hydrogen-bond acceptors (Lipinski definition) is 9. The predicted molar refractivity (Wildman–Crippen MR) is 128 cm³/mol. The lowest BCUT2D eigenvalue weighted by Gasteiger charge is -2.12. The number of hydrogen-bond donors (Lipinski definition) is 7. The number of nitrogens with zero attached hydrogens (tertiary/aromatic N) is 2. The van der Waals surface area contributed by atoms with Crippen molar-refractivity contribution < 1.29 is 0 Å². The van der Waals surface area contributed by atoms with Gasteiger partial charge in [-0.3, -0.25) is 10.4 Å². The Labute approximate surface area is 181 Å². The summed E-state index contributed by atoms with van der Waals surface area (Å²) in [5.74, 6) is 1.21. The smallest absolute Gasteiger partial charge is 0.132 e. The van der Waals surface area contributed by atoms with E-state index >= 15 is 0 Å². The lowest BCUT2D eigenvalue weighted by atomic mass is 9.98. The Morgan fingerprint density at radius 1 is 1.16 bits per heavy atom. The van der Waals surface area contributed by atoms with E-state index in [0.29, 0.717) is 33.8 Å². The first-order valence-corrected chi connectivity index (χ1v) is 9.66. The van der Waals surface area contributed by atoms with Crippen molar-refractivity contribution in [3.8, 4) is 0 Å². The van der Waals surface area contributed by atoms with Crippen LogP contribution in [0, 0.1) is 16.7 Å². The van der Waals surface area contributed by atoms with Crippen LogP contribution in [0.5, 0.6) is 0 Å². The van der Waals surface area contributed by atoms with Crippen LogP contribution in [0.25, 0.3) is 16.6 Å². The second kappa shape index (κ2) is 10.6. The van der Waals surface area contributed by atoms with Crippen molar-refractivity contribution in [1.82, 2.24) is 15.3 Å². The molecule has 2 heterocycles. The Hall–Kier alpha value is -4.14. The van der Waals surface area contributed by atoms with Gasteiger partial charge in [0.1, 0.15) is 11.6 Å². The molecular weight excluding hydrogens is 390 g/mol. The summed E-state index contributed by atoms with van der Waals surface area (Å²) in [6.07, 6.45) is 8.89. The van der Waals surface area contributed by atoms with Gasteiger partial charge >= 0.3 is 0 Å². The average molecular weight is 420 g/mol. The molecule has 0 atom stereocenters. The first-order chi connectivity index (χ1) is 14.8. The van der Waals surface area contributed by atoms with E-state index in [0.717, 1.165) is 11.8 Å². The standard InChI is InChI=1S/C22H29N9/c1-13(2)14(8-23)7-20(26)31-21-5-4-18-19(30-21)6-15(11-29-18)17(12-28-3)22(27)16(9-24)10-25/h4-13,24,27-28H,23,25-26H2,1-3H3,(H,30,31)/b14-8+,16-10+,17-12-,20-7+,24-9?,27-22?. The molecule has 2 aromatic rings. The van der Waals surface area contributed by atoms with Gasteiger partial charge in [0.25, 0.3) is 0 Å². The van der Waals surface area contributed by atoms with E-state index in [1.807, 2.05) is 26.0 Å². The maximum Gasteiger partial charge on any atom is 0.132 e. The van der Waals surface area contributed by atoms with Crippen LogP contribution in [0.3, 0.4) is 0 Å². The fraction of sp³-hybridized carbons (Fsp3) is 0.182. The highest BCUT2D eigenvalue weighted by molar-refractivity contribution is 6.36.